The molecule has 2 aromatic carbocycles. The van der Waals surface area contributed by atoms with Crippen LogP contribution in [0.1, 0.15) is 18.4 Å². The molecule has 28 heavy (non-hydrogen) atoms. The number of ether oxygens (including phenoxy) is 2. The largest absolute Gasteiger partial charge is 0.454 e. The number of rotatable bonds is 4. The molecule has 1 fully saturated rings. The van der Waals surface area contributed by atoms with Crippen molar-refractivity contribution < 1.29 is 23.5 Å². The van der Waals surface area contributed by atoms with Gasteiger partial charge in [0.05, 0.1) is 0 Å². The summed E-state index contributed by atoms with van der Waals surface area (Å²) in [6.45, 7) is 0.997. The van der Waals surface area contributed by atoms with Crippen molar-refractivity contribution in [1.29, 1.82) is 0 Å². The Labute approximate surface area is 161 Å². The SMILES string of the molecule is O=C(NCc1ccc2c(c1)OCO2)[C@@H]1CCCN1C(=O)Nc1cccc(F)c1. The maximum Gasteiger partial charge on any atom is 0.322 e. The third-order valence-electron chi connectivity index (χ3n) is 4.80. The predicted molar refractivity (Wildman–Crippen MR) is 99.6 cm³/mol. The molecule has 0 aromatic heterocycles. The quantitative estimate of drug-likeness (QED) is 0.848. The van der Waals surface area contributed by atoms with Gasteiger partial charge in [-0.05, 0) is 48.7 Å². The highest BCUT2D eigenvalue weighted by Gasteiger charge is 2.34. The average molecular weight is 385 g/mol. The van der Waals surface area contributed by atoms with Gasteiger partial charge in [-0.25, -0.2) is 9.18 Å². The van der Waals surface area contributed by atoms with Crippen LogP contribution in [-0.2, 0) is 11.3 Å². The summed E-state index contributed by atoms with van der Waals surface area (Å²) in [6, 6.07) is 10.2. The van der Waals surface area contributed by atoms with Gasteiger partial charge in [-0.15, -0.1) is 0 Å². The zero-order chi connectivity index (χ0) is 19.5. The van der Waals surface area contributed by atoms with E-state index in [0.29, 0.717) is 36.7 Å². The van der Waals surface area contributed by atoms with Gasteiger partial charge in [-0.3, -0.25) is 4.79 Å². The van der Waals surface area contributed by atoms with Gasteiger partial charge in [0.2, 0.25) is 12.7 Å². The zero-order valence-electron chi connectivity index (χ0n) is 15.1. The third kappa shape index (κ3) is 3.85. The minimum Gasteiger partial charge on any atom is -0.454 e. The van der Waals surface area contributed by atoms with Crippen molar-refractivity contribution in [2.24, 2.45) is 0 Å². The number of anilines is 1. The summed E-state index contributed by atoms with van der Waals surface area (Å²) in [5.74, 6) is 0.691. The van der Waals surface area contributed by atoms with E-state index >= 15 is 0 Å². The number of benzene rings is 2. The van der Waals surface area contributed by atoms with Crippen LogP contribution in [0.3, 0.4) is 0 Å². The molecular formula is C20H20FN3O4. The molecule has 8 heteroatoms. The van der Waals surface area contributed by atoms with E-state index < -0.39 is 17.9 Å². The summed E-state index contributed by atoms with van der Waals surface area (Å²) in [5.41, 5.74) is 1.24. The molecule has 7 nitrogen and oxygen atoms in total. The molecule has 0 saturated carbocycles. The predicted octanol–water partition coefficient (Wildman–Crippen LogP) is 2.87. The number of fused-ring (bicyclic) bond motifs is 1. The van der Waals surface area contributed by atoms with Crippen molar-refractivity contribution in [2.75, 3.05) is 18.7 Å². The second-order valence-electron chi connectivity index (χ2n) is 6.70. The Morgan fingerprint density at radius 1 is 1.14 bits per heavy atom. The summed E-state index contributed by atoms with van der Waals surface area (Å²) in [4.78, 5) is 26.6. The third-order valence-corrected chi connectivity index (χ3v) is 4.80. The van der Waals surface area contributed by atoms with Gasteiger partial charge in [-0.2, -0.15) is 0 Å². The van der Waals surface area contributed by atoms with Crippen molar-refractivity contribution >= 4 is 17.6 Å². The van der Waals surface area contributed by atoms with Crippen LogP contribution in [-0.4, -0.2) is 36.2 Å². The monoisotopic (exact) mass is 385 g/mol. The Balaban J connectivity index is 1.36. The zero-order valence-corrected chi connectivity index (χ0v) is 15.1. The van der Waals surface area contributed by atoms with Crippen LogP contribution in [0, 0.1) is 5.82 Å². The van der Waals surface area contributed by atoms with Crippen molar-refractivity contribution in [1.82, 2.24) is 10.2 Å². The van der Waals surface area contributed by atoms with E-state index in [1.807, 2.05) is 12.1 Å². The second kappa shape index (κ2) is 7.75. The molecule has 1 saturated heterocycles. The number of likely N-dealkylation sites (tertiary alicyclic amines) is 1. The van der Waals surface area contributed by atoms with Crippen LogP contribution >= 0.6 is 0 Å². The van der Waals surface area contributed by atoms with Crippen molar-refractivity contribution in [2.45, 2.75) is 25.4 Å². The number of nitrogens with zero attached hydrogens (tertiary/aromatic N) is 1. The van der Waals surface area contributed by atoms with E-state index in [1.54, 1.807) is 12.1 Å². The highest BCUT2D eigenvalue weighted by molar-refractivity contribution is 5.94. The molecule has 4 rings (SSSR count). The minimum atomic E-state index is -0.553. The minimum absolute atomic E-state index is 0.197. The molecule has 0 aliphatic carbocycles. The Hall–Kier alpha value is -3.29. The Bertz CT molecular complexity index is 905. The number of hydrogen-bond acceptors (Lipinski definition) is 4. The Kier molecular flexibility index (Phi) is 5.01. The van der Waals surface area contributed by atoms with E-state index in [-0.39, 0.29) is 12.7 Å². The lowest BCUT2D eigenvalue weighted by Gasteiger charge is -2.24. The lowest BCUT2D eigenvalue weighted by molar-refractivity contribution is -0.124. The maximum atomic E-state index is 13.3. The summed E-state index contributed by atoms with van der Waals surface area (Å²) >= 11 is 0. The first kappa shape index (κ1) is 18.1. The van der Waals surface area contributed by atoms with Crippen molar-refractivity contribution in [3.05, 3.63) is 53.8 Å². The van der Waals surface area contributed by atoms with E-state index in [2.05, 4.69) is 10.6 Å². The molecular weight excluding hydrogens is 365 g/mol. The van der Waals surface area contributed by atoms with Crippen LogP contribution in [0.15, 0.2) is 42.5 Å². The van der Waals surface area contributed by atoms with Crippen LogP contribution < -0.4 is 20.1 Å². The fraction of sp³-hybridized carbons (Fsp3) is 0.300. The number of carbonyl (C=O) groups excluding carboxylic acids is 2. The van der Waals surface area contributed by atoms with Crippen LogP contribution in [0.2, 0.25) is 0 Å². The van der Waals surface area contributed by atoms with E-state index in [4.69, 9.17) is 9.47 Å². The fourth-order valence-electron chi connectivity index (χ4n) is 3.40. The number of carbonyl (C=O) groups is 2. The van der Waals surface area contributed by atoms with E-state index in [1.165, 1.54) is 23.1 Å². The molecule has 2 N–H and O–H groups in total. The lowest BCUT2D eigenvalue weighted by Crippen LogP contribution is -2.47. The Morgan fingerprint density at radius 2 is 2.00 bits per heavy atom. The van der Waals surface area contributed by atoms with E-state index in [0.717, 1.165) is 12.0 Å². The smallest absolute Gasteiger partial charge is 0.322 e. The number of hydrogen-bond donors (Lipinski definition) is 2. The van der Waals surface area contributed by atoms with Crippen LogP contribution in [0.4, 0.5) is 14.9 Å². The topological polar surface area (TPSA) is 79.9 Å². The standard InChI is InChI=1S/C20H20FN3O4/c21-14-3-1-4-15(10-14)23-20(26)24-8-2-5-16(24)19(25)22-11-13-6-7-17-18(9-13)28-12-27-17/h1,3-4,6-7,9-10,16H,2,5,8,11-12H2,(H,22,25)(H,23,26)/t16-/m0/s1. The number of urea groups is 1. The number of nitrogens with one attached hydrogen (secondary N) is 2. The molecule has 146 valence electrons. The number of amides is 3. The Morgan fingerprint density at radius 3 is 2.86 bits per heavy atom. The van der Waals surface area contributed by atoms with Gasteiger partial charge in [0.15, 0.2) is 11.5 Å². The van der Waals surface area contributed by atoms with Crippen LogP contribution in [0.5, 0.6) is 11.5 Å². The first-order chi connectivity index (χ1) is 13.6. The molecule has 0 spiro atoms. The maximum absolute atomic E-state index is 13.3. The highest BCUT2D eigenvalue weighted by Crippen LogP contribution is 2.32. The molecule has 1 atom stereocenters. The van der Waals surface area contributed by atoms with Gasteiger partial charge >= 0.3 is 6.03 Å². The van der Waals surface area contributed by atoms with Crippen molar-refractivity contribution in [3.63, 3.8) is 0 Å². The molecule has 3 amide bonds. The fourth-order valence-corrected chi connectivity index (χ4v) is 3.40. The van der Waals surface area contributed by atoms with E-state index in [9.17, 15) is 14.0 Å². The van der Waals surface area contributed by atoms with Gasteiger partial charge in [-0.1, -0.05) is 12.1 Å². The number of halogens is 1. The van der Waals surface area contributed by atoms with Crippen molar-refractivity contribution in [3.8, 4) is 11.5 Å². The van der Waals surface area contributed by atoms with Gasteiger partial charge in [0.25, 0.3) is 0 Å². The van der Waals surface area contributed by atoms with Gasteiger partial charge in [0.1, 0.15) is 11.9 Å². The summed E-state index contributed by atoms with van der Waals surface area (Å²) in [5, 5.41) is 5.52. The van der Waals surface area contributed by atoms with Gasteiger partial charge < -0.3 is 25.0 Å². The molecule has 2 aliphatic heterocycles. The molecule has 2 heterocycles. The normalized spacial score (nSPS) is 17.5. The highest BCUT2D eigenvalue weighted by atomic mass is 19.1. The molecule has 0 bridgehead atoms. The summed E-state index contributed by atoms with van der Waals surface area (Å²) in [7, 11) is 0. The summed E-state index contributed by atoms with van der Waals surface area (Å²) in [6.07, 6.45) is 1.32. The second-order valence-corrected chi connectivity index (χ2v) is 6.70. The first-order valence-electron chi connectivity index (χ1n) is 9.09. The lowest BCUT2D eigenvalue weighted by atomic mass is 10.1. The average Bonchev–Trinajstić information content (AvgIpc) is 3.35. The van der Waals surface area contributed by atoms with Crippen LogP contribution in [0.25, 0.3) is 0 Å². The first-order valence-corrected chi connectivity index (χ1v) is 9.09. The summed E-state index contributed by atoms with van der Waals surface area (Å²) < 4.78 is 23.9. The van der Waals surface area contributed by atoms with Gasteiger partial charge in [0, 0.05) is 18.8 Å². The molecule has 2 aliphatic rings. The molecule has 0 radical (unpaired) electrons. The molecule has 0 unspecified atom stereocenters. The molecule has 2 aromatic rings.